The lowest BCUT2D eigenvalue weighted by molar-refractivity contribution is 0.0720. The zero-order valence-corrected chi connectivity index (χ0v) is 13.8. The molecule has 0 amide bonds. The second-order valence-corrected chi connectivity index (χ2v) is 5.18. The van der Waals surface area contributed by atoms with Crippen LogP contribution in [-0.2, 0) is 6.54 Å². The van der Waals surface area contributed by atoms with Gasteiger partial charge < -0.3 is 14.3 Å². The number of ether oxygens (including phenoxy) is 2. The van der Waals surface area contributed by atoms with Crippen LogP contribution < -0.4 is 15.0 Å². The molecule has 124 valence electrons. The molecule has 7 nitrogen and oxygen atoms in total. The smallest absolute Gasteiger partial charge is 0.350 e. The molecule has 0 bridgehead atoms. The number of carbonyl (C=O) groups excluding carboxylic acids is 1. The summed E-state index contributed by atoms with van der Waals surface area (Å²) in [7, 11) is 1.43. The van der Waals surface area contributed by atoms with Gasteiger partial charge in [-0.3, -0.25) is 4.79 Å². The van der Waals surface area contributed by atoms with Crippen LogP contribution in [0.3, 0.4) is 0 Å². The Labute approximate surface area is 143 Å². The Morgan fingerprint density at radius 3 is 2.79 bits per heavy atom. The number of nitrogens with zero attached hydrogens (tertiary/aromatic N) is 3. The summed E-state index contributed by atoms with van der Waals surface area (Å²) in [5.41, 5.74) is 0.424. The van der Waals surface area contributed by atoms with Crippen LogP contribution in [0, 0.1) is 13.5 Å². The van der Waals surface area contributed by atoms with E-state index in [1.807, 2.05) is 0 Å². The first kappa shape index (κ1) is 17.5. The van der Waals surface area contributed by atoms with E-state index >= 15 is 0 Å². The Morgan fingerprint density at radius 2 is 2.12 bits per heavy atom. The summed E-state index contributed by atoms with van der Waals surface area (Å²) in [4.78, 5) is 27.2. The first-order valence-electron chi connectivity index (χ1n) is 6.94. The van der Waals surface area contributed by atoms with Crippen LogP contribution in [0.4, 0.5) is 0 Å². The van der Waals surface area contributed by atoms with E-state index in [0.717, 1.165) is 10.2 Å². The molecule has 0 saturated carbocycles. The van der Waals surface area contributed by atoms with Gasteiger partial charge in [-0.25, -0.2) is 16.0 Å². The number of carbonyl (C=O) groups is 1. The van der Waals surface area contributed by atoms with Gasteiger partial charge in [0.2, 0.25) is 12.4 Å². The molecule has 0 aliphatic heterocycles. The van der Waals surface area contributed by atoms with Gasteiger partial charge in [0.1, 0.15) is 17.9 Å². The summed E-state index contributed by atoms with van der Waals surface area (Å²) >= 11 is 6.08. The molecule has 0 saturated heterocycles. The van der Waals surface area contributed by atoms with E-state index in [-0.39, 0.29) is 35.1 Å². The highest BCUT2D eigenvalue weighted by molar-refractivity contribution is 6.34. The third kappa shape index (κ3) is 3.73. The lowest BCUT2D eigenvalue weighted by Gasteiger charge is -2.12. The largest absolute Gasteiger partial charge is 0.496 e. The van der Waals surface area contributed by atoms with Crippen molar-refractivity contribution in [3.05, 3.63) is 62.2 Å². The molecule has 0 aliphatic carbocycles. The molecule has 24 heavy (non-hydrogen) atoms. The molecular formula is C16H14ClN3O4. The molecule has 1 heterocycles. The number of methoxy groups -OCH3 is 1. The van der Waals surface area contributed by atoms with E-state index in [2.05, 4.69) is 9.94 Å². The lowest BCUT2D eigenvalue weighted by Crippen LogP contribution is -2.24. The molecule has 2 rings (SSSR count). The molecule has 0 N–H and O–H groups in total. The van der Waals surface area contributed by atoms with E-state index in [9.17, 15) is 9.59 Å². The third-order valence-electron chi connectivity index (χ3n) is 3.17. The number of rotatable bonds is 5. The number of benzene rings is 1. The van der Waals surface area contributed by atoms with Crippen molar-refractivity contribution in [1.82, 2.24) is 9.78 Å². The number of aryl methyl sites for hydroxylation is 1. The van der Waals surface area contributed by atoms with Crippen molar-refractivity contribution < 1.29 is 14.3 Å². The van der Waals surface area contributed by atoms with Crippen LogP contribution in [0.2, 0.25) is 5.02 Å². The van der Waals surface area contributed by atoms with E-state index in [1.54, 1.807) is 19.1 Å². The monoisotopic (exact) mass is 347 g/mol. The summed E-state index contributed by atoms with van der Waals surface area (Å²) in [6.45, 7) is 8.74. The van der Waals surface area contributed by atoms with Gasteiger partial charge in [0, 0.05) is 12.1 Å². The van der Waals surface area contributed by atoms with Crippen LogP contribution in [-0.4, -0.2) is 29.4 Å². The van der Waals surface area contributed by atoms with Crippen LogP contribution >= 0.6 is 11.6 Å². The minimum atomic E-state index is -0.747. The molecule has 0 aliphatic rings. The number of aromatic nitrogens is 2. The molecule has 0 atom stereocenters. The van der Waals surface area contributed by atoms with Gasteiger partial charge in [0.15, 0.2) is 0 Å². The van der Waals surface area contributed by atoms with Crippen molar-refractivity contribution in [2.45, 2.75) is 13.5 Å². The van der Waals surface area contributed by atoms with Crippen molar-refractivity contribution in [3.63, 3.8) is 0 Å². The van der Waals surface area contributed by atoms with Gasteiger partial charge in [-0.05, 0) is 18.6 Å². The molecule has 1 aromatic carbocycles. The maximum Gasteiger partial charge on any atom is 0.350 e. The molecule has 0 fully saturated rings. The standard InChI is InChI=1S/C16H14ClN3O4/c1-10-4-5-11(17)14(15(10)23-3)16(22)24-12-6-7-13(21)20(19-12)9-8-18-2/h4-7H,8-9H2,1,3H3. The SMILES string of the molecule is [C-]#[N+]CCn1nc(OC(=O)c2c(Cl)ccc(C)c2OC)ccc1=O. The quantitative estimate of drug-likeness (QED) is 0.613. The average Bonchev–Trinajstić information content (AvgIpc) is 2.56. The summed E-state index contributed by atoms with van der Waals surface area (Å²) in [5, 5.41) is 4.10. The first-order valence-corrected chi connectivity index (χ1v) is 7.32. The topological polar surface area (TPSA) is 74.8 Å². The molecular weight excluding hydrogens is 334 g/mol. The maximum atomic E-state index is 12.4. The molecule has 0 unspecified atom stereocenters. The summed E-state index contributed by atoms with van der Waals surface area (Å²) < 4.78 is 11.5. The molecule has 0 spiro atoms. The minimum absolute atomic E-state index is 0.0655. The molecule has 2 aromatic rings. The fourth-order valence-electron chi connectivity index (χ4n) is 2.05. The summed E-state index contributed by atoms with van der Waals surface area (Å²) in [5.74, 6) is -0.499. The van der Waals surface area contributed by atoms with E-state index < -0.39 is 5.97 Å². The van der Waals surface area contributed by atoms with Gasteiger partial charge in [0.05, 0.1) is 12.1 Å². The minimum Gasteiger partial charge on any atom is -0.496 e. The van der Waals surface area contributed by atoms with Crippen molar-refractivity contribution in [2.75, 3.05) is 13.7 Å². The number of halogens is 1. The molecule has 8 heteroatoms. The first-order chi connectivity index (χ1) is 11.5. The van der Waals surface area contributed by atoms with Crippen LogP contribution in [0.25, 0.3) is 4.85 Å². The predicted octanol–water partition coefficient (Wildman–Crippen LogP) is 2.35. The van der Waals surface area contributed by atoms with Gasteiger partial charge in [-0.2, -0.15) is 0 Å². The van der Waals surface area contributed by atoms with Gasteiger partial charge in [0.25, 0.3) is 5.56 Å². The Hall–Kier alpha value is -2.85. The molecule has 1 aromatic heterocycles. The lowest BCUT2D eigenvalue weighted by atomic mass is 10.1. The van der Waals surface area contributed by atoms with Crippen molar-refractivity contribution in [1.29, 1.82) is 0 Å². The third-order valence-corrected chi connectivity index (χ3v) is 3.49. The predicted molar refractivity (Wildman–Crippen MR) is 87.7 cm³/mol. The highest BCUT2D eigenvalue weighted by Crippen LogP contribution is 2.30. The van der Waals surface area contributed by atoms with E-state index in [0.29, 0.717) is 5.75 Å². The average molecular weight is 348 g/mol. The van der Waals surface area contributed by atoms with Crippen molar-refractivity contribution in [3.8, 4) is 11.6 Å². The highest BCUT2D eigenvalue weighted by Gasteiger charge is 2.21. The van der Waals surface area contributed by atoms with E-state index in [1.165, 1.54) is 19.2 Å². The van der Waals surface area contributed by atoms with Crippen LogP contribution in [0.5, 0.6) is 11.6 Å². The highest BCUT2D eigenvalue weighted by atomic mass is 35.5. The molecule has 0 radical (unpaired) electrons. The fourth-order valence-corrected chi connectivity index (χ4v) is 2.28. The summed E-state index contributed by atoms with van der Waals surface area (Å²) in [6, 6.07) is 5.79. The fraction of sp³-hybridized carbons (Fsp3) is 0.250. The number of hydrogen-bond acceptors (Lipinski definition) is 5. The Morgan fingerprint density at radius 1 is 1.38 bits per heavy atom. The Bertz CT molecular complexity index is 871. The maximum absolute atomic E-state index is 12.4. The van der Waals surface area contributed by atoms with E-state index in [4.69, 9.17) is 27.6 Å². The Balaban J connectivity index is 2.33. The number of hydrogen-bond donors (Lipinski definition) is 0. The van der Waals surface area contributed by atoms with Crippen molar-refractivity contribution >= 4 is 17.6 Å². The van der Waals surface area contributed by atoms with Gasteiger partial charge in [-0.15, -0.1) is 5.10 Å². The zero-order chi connectivity index (χ0) is 17.7. The zero-order valence-electron chi connectivity index (χ0n) is 13.1. The van der Waals surface area contributed by atoms with Crippen molar-refractivity contribution in [2.24, 2.45) is 0 Å². The van der Waals surface area contributed by atoms with Crippen LogP contribution in [0.1, 0.15) is 15.9 Å². The normalized spacial score (nSPS) is 10.1. The van der Waals surface area contributed by atoms with Crippen LogP contribution in [0.15, 0.2) is 29.1 Å². The summed E-state index contributed by atoms with van der Waals surface area (Å²) in [6.07, 6.45) is 0. The van der Waals surface area contributed by atoms with Gasteiger partial charge >= 0.3 is 5.97 Å². The number of esters is 1. The second kappa shape index (κ2) is 7.62. The Kier molecular flexibility index (Phi) is 5.55. The second-order valence-electron chi connectivity index (χ2n) is 4.78. The van der Waals surface area contributed by atoms with Gasteiger partial charge in [-0.1, -0.05) is 17.7 Å².